The van der Waals surface area contributed by atoms with Gasteiger partial charge in [-0.15, -0.1) is 0 Å². The van der Waals surface area contributed by atoms with E-state index in [1.54, 1.807) is 38.1 Å². The number of anilines is 2. The van der Waals surface area contributed by atoms with Gasteiger partial charge < -0.3 is 22.0 Å². The predicted molar refractivity (Wildman–Crippen MR) is 130 cm³/mol. The summed E-state index contributed by atoms with van der Waals surface area (Å²) < 4.78 is 13.4. The van der Waals surface area contributed by atoms with E-state index in [0.29, 0.717) is 28.1 Å². The Morgan fingerprint density at radius 2 is 1.77 bits per heavy atom. The number of pyridine rings is 1. The molecule has 1 fully saturated rings. The Bertz CT molecular complexity index is 1070. The third-order valence-electron chi connectivity index (χ3n) is 5.03. The zero-order valence-electron chi connectivity index (χ0n) is 17.9. The van der Waals surface area contributed by atoms with Crippen LogP contribution in [0.3, 0.4) is 0 Å². The first-order chi connectivity index (χ1) is 14.7. The Labute approximate surface area is 186 Å². The monoisotopic (exact) mass is 440 g/mol. The van der Waals surface area contributed by atoms with Crippen molar-refractivity contribution in [2.75, 3.05) is 23.0 Å². The number of nitrogens with one attached hydrogen (secondary N) is 1. The lowest BCUT2D eigenvalue weighted by molar-refractivity contribution is 0.0802. The maximum Gasteiger partial charge on any atom is 0.131 e. The average Bonchev–Trinajstić information content (AvgIpc) is 3.28. The zero-order valence-corrected chi connectivity index (χ0v) is 18.7. The molecule has 0 amide bonds. The quantitative estimate of drug-likeness (QED) is 0.336. The summed E-state index contributed by atoms with van der Waals surface area (Å²) >= 11 is 2.07. The van der Waals surface area contributed by atoms with Crippen LogP contribution in [0.5, 0.6) is 0 Å². The highest BCUT2D eigenvalue weighted by molar-refractivity contribution is 7.99. The molecule has 5 nitrogen and oxygen atoms in total. The number of halogens is 1. The molecule has 0 saturated carbocycles. The molecule has 0 atom stereocenters. The summed E-state index contributed by atoms with van der Waals surface area (Å²) in [7, 11) is 0. The molecule has 31 heavy (non-hydrogen) atoms. The maximum absolute atomic E-state index is 13.4. The number of aromatic nitrogens is 1. The Morgan fingerprint density at radius 3 is 2.29 bits per heavy atom. The minimum absolute atomic E-state index is 0.268. The van der Waals surface area contributed by atoms with E-state index in [0.717, 1.165) is 16.5 Å². The topological polar surface area (TPSA) is 109 Å². The normalized spacial score (nSPS) is 13.7. The van der Waals surface area contributed by atoms with Crippen molar-refractivity contribution < 1.29 is 9.50 Å². The first kappa shape index (κ1) is 23.0. The van der Waals surface area contributed by atoms with E-state index in [1.165, 1.54) is 42.7 Å². The molecule has 3 aromatic rings. The molecule has 4 rings (SSSR count). The van der Waals surface area contributed by atoms with Crippen molar-refractivity contribution in [3.63, 3.8) is 0 Å². The molecule has 0 spiro atoms. The molecule has 6 N–H and O–H groups in total. The number of rotatable bonds is 4. The molecule has 0 bridgehead atoms. The summed E-state index contributed by atoms with van der Waals surface area (Å²) in [6, 6.07) is 9.55. The Kier molecular flexibility index (Phi) is 7.18. The van der Waals surface area contributed by atoms with Crippen LogP contribution in [0.4, 0.5) is 15.9 Å². The fraction of sp³-hybridized carbons (Fsp3) is 0.333. The van der Waals surface area contributed by atoms with Gasteiger partial charge in [-0.2, -0.15) is 11.8 Å². The van der Waals surface area contributed by atoms with E-state index in [9.17, 15) is 9.50 Å². The second-order valence-electron chi connectivity index (χ2n) is 8.31. The minimum atomic E-state index is -1.000. The Morgan fingerprint density at radius 1 is 1.13 bits per heavy atom. The van der Waals surface area contributed by atoms with Crippen LogP contribution >= 0.6 is 11.8 Å². The van der Waals surface area contributed by atoms with Crippen molar-refractivity contribution in [3.05, 3.63) is 53.5 Å². The van der Waals surface area contributed by atoms with Crippen LogP contribution < -0.4 is 11.5 Å². The van der Waals surface area contributed by atoms with Crippen LogP contribution in [0.1, 0.15) is 37.9 Å². The molecule has 1 aliphatic heterocycles. The first-order valence-corrected chi connectivity index (χ1v) is 11.4. The largest absolute Gasteiger partial charge is 0.398 e. The average molecular weight is 441 g/mol. The Balaban J connectivity index is 0.000000478. The minimum Gasteiger partial charge on any atom is -0.398 e. The Hall–Kier alpha value is -2.64. The summed E-state index contributed by atoms with van der Waals surface area (Å²) in [5.41, 5.74) is 14.2. The fourth-order valence-corrected chi connectivity index (χ4v) is 4.60. The number of nitrogens with zero attached hydrogens (tertiary/aromatic N) is 1. The predicted octanol–water partition coefficient (Wildman–Crippen LogP) is 5.03. The molecule has 1 aromatic heterocycles. The summed E-state index contributed by atoms with van der Waals surface area (Å²) in [5, 5.41) is 19.3. The maximum atomic E-state index is 13.4. The molecule has 7 heteroatoms. The van der Waals surface area contributed by atoms with Crippen LogP contribution in [0.15, 0.2) is 36.4 Å². The van der Waals surface area contributed by atoms with Crippen molar-refractivity contribution in [2.24, 2.45) is 0 Å². The first-order valence-electron chi connectivity index (χ1n) is 10.3. The molecule has 0 unspecified atom stereocenters. The second kappa shape index (κ2) is 9.66. The van der Waals surface area contributed by atoms with E-state index in [4.69, 9.17) is 16.9 Å². The number of nitrogen functional groups attached to an aromatic ring is 2. The van der Waals surface area contributed by atoms with E-state index < -0.39 is 5.60 Å². The number of hydrogen-bond donors (Lipinski definition) is 4. The highest BCUT2D eigenvalue weighted by atomic mass is 32.2. The number of nitrogens with two attached hydrogens (primary N) is 2. The summed E-state index contributed by atoms with van der Waals surface area (Å²) in [6.45, 7) is 3.38. The highest BCUT2D eigenvalue weighted by Crippen LogP contribution is 2.37. The number of fused-ring (bicyclic) bond motifs is 1. The van der Waals surface area contributed by atoms with Gasteiger partial charge in [0.15, 0.2) is 0 Å². The van der Waals surface area contributed by atoms with E-state index >= 15 is 0 Å². The van der Waals surface area contributed by atoms with Gasteiger partial charge in [0.1, 0.15) is 11.6 Å². The molecule has 1 saturated heterocycles. The lowest BCUT2D eigenvalue weighted by Crippen LogP contribution is -2.23. The van der Waals surface area contributed by atoms with Crippen molar-refractivity contribution in [3.8, 4) is 11.1 Å². The smallest absolute Gasteiger partial charge is 0.131 e. The molecule has 2 aromatic carbocycles. The fourth-order valence-electron chi connectivity index (χ4n) is 3.58. The van der Waals surface area contributed by atoms with Crippen molar-refractivity contribution in [2.45, 2.75) is 38.7 Å². The van der Waals surface area contributed by atoms with Crippen LogP contribution in [-0.4, -0.2) is 33.4 Å². The highest BCUT2D eigenvalue weighted by Gasteiger charge is 2.22. The second-order valence-corrected chi connectivity index (χ2v) is 9.53. The van der Waals surface area contributed by atoms with Crippen LogP contribution in [0.25, 0.3) is 21.9 Å². The summed E-state index contributed by atoms with van der Waals surface area (Å²) in [5.74, 6) is 2.79. The van der Waals surface area contributed by atoms with Gasteiger partial charge in [-0.25, -0.2) is 9.37 Å². The van der Waals surface area contributed by atoms with Gasteiger partial charge in [-0.1, -0.05) is 12.1 Å². The SMILES string of the molecule is C1CCSC1.CC(C)(O)Cc1nc(N)c2cc(N)c(C=N)cc2c1-c1ccc(F)cc1. The molecule has 2 heterocycles. The number of aliphatic hydroxyl groups is 1. The van der Waals surface area contributed by atoms with Gasteiger partial charge in [-0.05, 0) is 73.4 Å². The van der Waals surface area contributed by atoms with Crippen LogP contribution in [0.2, 0.25) is 0 Å². The zero-order chi connectivity index (χ0) is 22.6. The third kappa shape index (κ3) is 5.74. The lowest BCUT2D eigenvalue weighted by atomic mass is 9.90. The number of benzene rings is 2. The van der Waals surface area contributed by atoms with Gasteiger partial charge in [0, 0.05) is 34.8 Å². The van der Waals surface area contributed by atoms with Gasteiger partial charge in [-0.3, -0.25) is 0 Å². The number of thioether (sulfide) groups is 1. The van der Waals surface area contributed by atoms with Crippen LogP contribution in [0, 0.1) is 11.2 Å². The van der Waals surface area contributed by atoms with E-state index in [2.05, 4.69) is 16.7 Å². The van der Waals surface area contributed by atoms with E-state index in [-0.39, 0.29) is 12.2 Å². The lowest BCUT2D eigenvalue weighted by Gasteiger charge is -2.21. The molecule has 1 aliphatic rings. The van der Waals surface area contributed by atoms with Crippen LogP contribution in [-0.2, 0) is 6.42 Å². The van der Waals surface area contributed by atoms with Gasteiger partial charge in [0.2, 0.25) is 0 Å². The van der Waals surface area contributed by atoms with Crippen molar-refractivity contribution in [1.82, 2.24) is 4.98 Å². The third-order valence-corrected chi connectivity index (χ3v) is 6.18. The van der Waals surface area contributed by atoms with Gasteiger partial charge in [0.25, 0.3) is 0 Å². The molecular formula is C24H29FN4OS. The van der Waals surface area contributed by atoms with Gasteiger partial charge >= 0.3 is 0 Å². The molecule has 164 valence electrons. The van der Waals surface area contributed by atoms with E-state index in [1.807, 2.05) is 0 Å². The van der Waals surface area contributed by atoms with Crippen molar-refractivity contribution in [1.29, 1.82) is 5.41 Å². The number of hydrogen-bond acceptors (Lipinski definition) is 6. The van der Waals surface area contributed by atoms with Crippen molar-refractivity contribution >= 4 is 40.3 Å². The molecule has 0 radical (unpaired) electrons. The standard InChI is InChI=1S/C20H21FN4O.C4H8S/c1-20(2,26)9-17-18(11-3-5-13(21)6-4-11)14-7-12(10-22)16(23)8-15(14)19(24)25-17;1-2-4-5-3-1/h3-8,10,22,26H,9,23H2,1-2H3,(H2,24,25);1-4H2. The summed E-state index contributed by atoms with van der Waals surface area (Å²) in [6.07, 6.45) is 4.37. The molecule has 0 aliphatic carbocycles. The van der Waals surface area contributed by atoms with Gasteiger partial charge in [0.05, 0.1) is 11.3 Å². The summed E-state index contributed by atoms with van der Waals surface area (Å²) in [4.78, 5) is 4.49. The molecular weight excluding hydrogens is 411 g/mol.